The van der Waals surface area contributed by atoms with E-state index in [0.717, 1.165) is 35.2 Å². The van der Waals surface area contributed by atoms with Gasteiger partial charge < -0.3 is 5.32 Å². The minimum atomic E-state index is 0.0229. The van der Waals surface area contributed by atoms with Crippen LogP contribution < -0.4 is 5.32 Å². The van der Waals surface area contributed by atoms with E-state index < -0.39 is 0 Å². The van der Waals surface area contributed by atoms with Crippen LogP contribution in [-0.2, 0) is 0 Å². The van der Waals surface area contributed by atoms with Gasteiger partial charge >= 0.3 is 0 Å². The van der Waals surface area contributed by atoms with E-state index in [0.29, 0.717) is 11.3 Å². The molecule has 2 heterocycles. The van der Waals surface area contributed by atoms with Crippen LogP contribution in [0.15, 0.2) is 24.4 Å². The average molecular weight is 311 g/mol. The van der Waals surface area contributed by atoms with Crippen molar-refractivity contribution >= 4 is 11.4 Å². The first-order valence-electron chi connectivity index (χ1n) is 8.70. The van der Waals surface area contributed by atoms with Crippen LogP contribution in [0.25, 0.3) is 5.52 Å². The number of aromatic nitrogens is 2. The molecular formula is C19H25N3O. The van der Waals surface area contributed by atoms with Crippen molar-refractivity contribution in [1.29, 1.82) is 0 Å². The summed E-state index contributed by atoms with van der Waals surface area (Å²) in [5, 5.41) is 7.56. The highest BCUT2D eigenvalue weighted by Gasteiger charge is 2.53. The molecule has 0 aliphatic heterocycles. The Kier molecular flexibility index (Phi) is 3.26. The van der Waals surface area contributed by atoms with Gasteiger partial charge in [-0.05, 0) is 67.6 Å². The SMILES string of the molecule is Cc1cc2c(C(=O)NC[C@H]3CC[C@@H]4C[C@H]3C4(C)C)cccn2n1. The normalized spacial score (nSPS) is 28.4. The number of amides is 1. The van der Waals surface area contributed by atoms with Crippen molar-refractivity contribution in [3.05, 3.63) is 35.7 Å². The van der Waals surface area contributed by atoms with E-state index in [1.807, 2.05) is 31.3 Å². The van der Waals surface area contributed by atoms with Crippen LogP contribution in [0.3, 0.4) is 0 Å². The standard InChI is InChI=1S/C19H25N3O/c1-12-9-17-15(5-4-8-22(17)21-12)18(23)20-11-13-6-7-14-10-16(13)19(14,2)3/h4-5,8-9,13-14,16H,6-7,10-11H2,1-3H3,(H,20,23)/t13-,14-,16-/m1/s1. The minimum absolute atomic E-state index is 0.0229. The fourth-order valence-electron chi connectivity index (χ4n) is 4.86. The number of rotatable bonds is 3. The van der Waals surface area contributed by atoms with E-state index in [2.05, 4.69) is 24.3 Å². The predicted octanol–water partition coefficient (Wildman–Crippen LogP) is 3.44. The highest BCUT2D eigenvalue weighted by atomic mass is 16.1. The second-order valence-corrected chi connectivity index (χ2v) is 7.95. The van der Waals surface area contributed by atoms with Crippen LogP contribution in [0.2, 0.25) is 0 Å². The van der Waals surface area contributed by atoms with E-state index in [1.54, 1.807) is 4.52 Å². The van der Waals surface area contributed by atoms with Gasteiger partial charge in [0.15, 0.2) is 0 Å². The first-order valence-corrected chi connectivity index (χ1v) is 8.70. The van der Waals surface area contributed by atoms with Crippen LogP contribution >= 0.6 is 0 Å². The van der Waals surface area contributed by atoms with Gasteiger partial charge in [0.1, 0.15) is 0 Å². The lowest BCUT2D eigenvalue weighted by Crippen LogP contribution is -2.54. The molecular weight excluding hydrogens is 286 g/mol. The van der Waals surface area contributed by atoms with Crippen molar-refractivity contribution in [3.63, 3.8) is 0 Å². The number of hydrogen-bond acceptors (Lipinski definition) is 2. The minimum Gasteiger partial charge on any atom is -0.352 e. The van der Waals surface area contributed by atoms with Gasteiger partial charge in [-0.1, -0.05) is 13.8 Å². The van der Waals surface area contributed by atoms with E-state index in [4.69, 9.17) is 0 Å². The summed E-state index contributed by atoms with van der Waals surface area (Å²) in [4.78, 5) is 12.6. The highest BCUT2D eigenvalue weighted by molar-refractivity contribution is 6.00. The first kappa shape index (κ1) is 14.7. The molecule has 4 heteroatoms. The highest BCUT2D eigenvalue weighted by Crippen LogP contribution is 2.61. The largest absolute Gasteiger partial charge is 0.352 e. The average Bonchev–Trinajstić information content (AvgIpc) is 2.92. The number of hydrogen-bond donors (Lipinski definition) is 1. The van der Waals surface area contributed by atoms with Gasteiger partial charge in [0.25, 0.3) is 5.91 Å². The van der Waals surface area contributed by atoms with Crippen LogP contribution in [0.5, 0.6) is 0 Å². The van der Waals surface area contributed by atoms with Gasteiger partial charge in [-0.25, -0.2) is 4.52 Å². The fraction of sp³-hybridized carbons (Fsp3) is 0.579. The van der Waals surface area contributed by atoms with Crippen molar-refractivity contribution in [3.8, 4) is 0 Å². The number of carbonyl (C=O) groups excluding carboxylic acids is 1. The topological polar surface area (TPSA) is 46.4 Å². The molecule has 3 saturated carbocycles. The number of aryl methyl sites for hydroxylation is 1. The lowest BCUT2D eigenvalue weighted by molar-refractivity contribution is -0.103. The fourth-order valence-corrected chi connectivity index (χ4v) is 4.86. The molecule has 0 radical (unpaired) electrons. The van der Waals surface area contributed by atoms with E-state index in [1.165, 1.54) is 19.3 Å². The van der Waals surface area contributed by atoms with Crippen LogP contribution in [0.4, 0.5) is 0 Å². The third-order valence-electron chi connectivity index (χ3n) is 6.39. The van der Waals surface area contributed by atoms with E-state index in [9.17, 15) is 4.79 Å². The summed E-state index contributed by atoms with van der Waals surface area (Å²) in [6.45, 7) is 7.55. The van der Waals surface area contributed by atoms with Gasteiger partial charge in [0, 0.05) is 12.7 Å². The Labute approximate surface area is 137 Å². The molecule has 0 spiro atoms. The quantitative estimate of drug-likeness (QED) is 0.944. The zero-order valence-corrected chi connectivity index (χ0v) is 14.2. The zero-order valence-electron chi connectivity index (χ0n) is 14.2. The zero-order chi connectivity index (χ0) is 16.2. The molecule has 4 nitrogen and oxygen atoms in total. The number of nitrogens with one attached hydrogen (secondary N) is 1. The Bertz CT molecular complexity index is 759. The molecule has 0 unspecified atom stereocenters. The Hall–Kier alpha value is -1.84. The lowest BCUT2D eigenvalue weighted by Gasteiger charge is -2.60. The summed E-state index contributed by atoms with van der Waals surface area (Å²) >= 11 is 0. The summed E-state index contributed by atoms with van der Waals surface area (Å²) in [6.07, 6.45) is 5.82. The summed E-state index contributed by atoms with van der Waals surface area (Å²) in [6, 6.07) is 5.74. The van der Waals surface area contributed by atoms with Crippen molar-refractivity contribution in [2.45, 2.75) is 40.0 Å². The number of nitrogens with zero attached hydrogens (tertiary/aromatic N) is 2. The molecule has 5 rings (SSSR count). The van der Waals surface area contributed by atoms with Crippen LogP contribution in [0, 0.1) is 30.1 Å². The van der Waals surface area contributed by atoms with E-state index in [-0.39, 0.29) is 5.91 Å². The second kappa shape index (κ2) is 5.08. The molecule has 1 N–H and O–H groups in total. The molecule has 1 amide bonds. The Balaban J connectivity index is 1.48. The summed E-state index contributed by atoms with van der Waals surface area (Å²) in [5.74, 6) is 2.33. The number of carbonyl (C=O) groups is 1. The van der Waals surface area contributed by atoms with Crippen molar-refractivity contribution in [2.75, 3.05) is 6.54 Å². The molecule has 3 aliphatic rings. The molecule has 0 saturated heterocycles. The van der Waals surface area contributed by atoms with Gasteiger partial charge in [-0.3, -0.25) is 4.79 Å². The molecule has 3 aliphatic carbocycles. The Morgan fingerprint density at radius 3 is 3.00 bits per heavy atom. The predicted molar refractivity (Wildman–Crippen MR) is 90.4 cm³/mol. The molecule has 3 atom stereocenters. The van der Waals surface area contributed by atoms with Crippen molar-refractivity contribution < 1.29 is 4.79 Å². The summed E-state index contributed by atoms with van der Waals surface area (Å²) in [5.41, 5.74) is 3.00. The maximum absolute atomic E-state index is 12.6. The maximum Gasteiger partial charge on any atom is 0.253 e. The van der Waals surface area contributed by atoms with Crippen LogP contribution in [0.1, 0.15) is 49.2 Å². The molecule has 122 valence electrons. The summed E-state index contributed by atoms with van der Waals surface area (Å²) in [7, 11) is 0. The van der Waals surface area contributed by atoms with Crippen molar-refractivity contribution in [1.82, 2.24) is 14.9 Å². The molecule has 3 fully saturated rings. The second-order valence-electron chi connectivity index (χ2n) is 7.95. The molecule has 2 aromatic heterocycles. The third kappa shape index (κ3) is 2.27. The monoisotopic (exact) mass is 311 g/mol. The molecule has 0 aromatic carbocycles. The summed E-state index contributed by atoms with van der Waals surface area (Å²) < 4.78 is 1.78. The van der Waals surface area contributed by atoms with Gasteiger partial charge in [-0.2, -0.15) is 5.10 Å². The van der Waals surface area contributed by atoms with Gasteiger partial charge in [-0.15, -0.1) is 0 Å². The van der Waals surface area contributed by atoms with Crippen molar-refractivity contribution in [2.24, 2.45) is 23.2 Å². The first-order chi connectivity index (χ1) is 11.0. The van der Waals surface area contributed by atoms with E-state index >= 15 is 0 Å². The lowest BCUT2D eigenvalue weighted by atomic mass is 9.45. The van der Waals surface area contributed by atoms with Gasteiger partial charge in [0.05, 0.1) is 16.8 Å². The molecule has 2 bridgehead atoms. The number of fused-ring (bicyclic) bond motifs is 3. The molecule has 2 aromatic rings. The Morgan fingerprint density at radius 1 is 1.43 bits per heavy atom. The van der Waals surface area contributed by atoms with Gasteiger partial charge in [0.2, 0.25) is 0 Å². The molecule has 23 heavy (non-hydrogen) atoms. The maximum atomic E-state index is 12.6. The smallest absolute Gasteiger partial charge is 0.253 e. The van der Waals surface area contributed by atoms with Crippen LogP contribution in [-0.4, -0.2) is 22.1 Å². The third-order valence-corrected chi connectivity index (χ3v) is 6.39. The Morgan fingerprint density at radius 2 is 2.26 bits per heavy atom. The number of pyridine rings is 1.